The molecule has 1 N–H and O–H groups in total. The second kappa shape index (κ2) is 8.04. The Hall–Kier alpha value is -3.66. The number of alkyl halides is 3. The molecule has 6 nitrogen and oxygen atoms in total. The largest absolute Gasteiger partial charge is 0.478 e. The fourth-order valence-corrected chi connectivity index (χ4v) is 5.25. The molecule has 0 radical (unpaired) electrons. The maximum absolute atomic E-state index is 13.5. The zero-order chi connectivity index (χ0) is 24.0. The molecule has 0 aliphatic carbocycles. The zero-order valence-corrected chi connectivity index (χ0v) is 18.0. The van der Waals surface area contributed by atoms with Crippen molar-refractivity contribution in [2.24, 2.45) is 0 Å². The Kier molecular flexibility index (Phi) is 5.49. The summed E-state index contributed by atoms with van der Waals surface area (Å²) >= 11 is 0. The molecule has 0 aliphatic heterocycles. The summed E-state index contributed by atoms with van der Waals surface area (Å²) in [5, 5.41) is 9.46. The van der Waals surface area contributed by atoms with Crippen molar-refractivity contribution in [1.82, 2.24) is 8.96 Å². The molecule has 2 aromatic carbocycles. The van der Waals surface area contributed by atoms with Crippen molar-refractivity contribution in [3.05, 3.63) is 94.9 Å². The monoisotopic (exact) mass is 474 g/mol. The number of hydrogen-bond donors (Lipinski definition) is 1. The number of carbonyl (C=O) groups is 1. The molecular formula is C23H17F3N2O4S. The number of aromatic carboxylic acids is 1. The summed E-state index contributed by atoms with van der Waals surface area (Å²) in [6.45, 7) is 1.55. The first-order chi connectivity index (χ1) is 15.5. The smallest absolute Gasteiger partial charge is 0.416 e. The summed E-state index contributed by atoms with van der Waals surface area (Å²) in [5.74, 6) is -1.16. The molecule has 170 valence electrons. The number of benzene rings is 2. The zero-order valence-electron chi connectivity index (χ0n) is 17.2. The third-order valence-corrected chi connectivity index (χ3v) is 7.11. The van der Waals surface area contributed by atoms with Gasteiger partial charge in [-0.25, -0.2) is 17.2 Å². The van der Waals surface area contributed by atoms with Gasteiger partial charge in [0.05, 0.1) is 27.2 Å². The van der Waals surface area contributed by atoms with Gasteiger partial charge in [-0.2, -0.15) is 13.2 Å². The van der Waals surface area contributed by atoms with Crippen LogP contribution in [0.4, 0.5) is 13.2 Å². The van der Waals surface area contributed by atoms with Gasteiger partial charge in [0, 0.05) is 23.7 Å². The van der Waals surface area contributed by atoms with E-state index in [9.17, 15) is 31.5 Å². The quantitative estimate of drug-likeness (QED) is 0.445. The van der Waals surface area contributed by atoms with E-state index >= 15 is 0 Å². The average molecular weight is 474 g/mol. The lowest BCUT2D eigenvalue weighted by Crippen LogP contribution is -2.17. The Morgan fingerprint density at radius 2 is 1.76 bits per heavy atom. The fraction of sp³-hybridized carbons (Fsp3) is 0.130. The van der Waals surface area contributed by atoms with E-state index in [2.05, 4.69) is 4.98 Å². The van der Waals surface area contributed by atoms with Crippen LogP contribution in [0.15, 0.2) is 71.8 Å². The first kappa shape index (κ1) is 22.5. The maximum atomic E-state index is 13.5. The van der Waals surface area contributed by atoms with E-state index in [1.165, 1.54) is 30.5 Å². The SMILES string of the molecule is Cc1c(C(=O)O)ccnc1Cc1cc2cc(C(F)(F)F)ccc2n1S(=O)(=O)c1ccccc1. The van der Waals surface area contributed by atoms with Crippen LogP contribution in [0.25, 0.3) is 10.9 Å². The van der Waals surface area contributed by atoms with E-state index in [4.69, 9.17) is 0 Å². The summed E-state index contributed by atoms with van der Waals surface area (Å²) in [4.78, 5) is 15.6. The number of hydrogen-bond acceptors (Lipinski definition) is 4. The van der Waals surface area contributed by atoms with Crippen LogP contribution in [0.1, 0.15) is 32.9 Å². The summed E-state index contributed by atoms with van der Waals surface area (Å²) in [6, 6.07) is 13.1. The minimum absolute atomic E-state index is 0.00735. The second-order valence-corrected chi connectivity index (χ2v) is 9.19. The summed E-state index contributed by atoms with van der Waals surface area (Å²) < 4.78 is 67.7. The van der Waals surface area contributed by atoms with Crippen LogP contribution in [-0.4, -0.2) is 28.5 Å². The van der Waals surface area contributed by atoms with Crippen molar-refractivity contribution in [1.29, 1.82) is 0 Å². The van der Waals surface area contributed by atoms with Crippen LogP contribution in [0, 0.1) is 6.92 Å². The van der Waals surface area contributed by atoms with Gasteiger partial charge in [-0.15, -0.1) is 0 Å². The molecule has 33 heavy (non-hydrogen) atoms. The number of rotatable bonds is 5. The van der Waals surface area contributed by atoms with E-state index < -0.39 is 27.7 Å². The van der Waals surface area contributed by atoms with E-state index in [-0.39, 0.29) is 33.5 Å². The molecule has 0 bridgehead atoms. The van der Waals surface area contributed by atoms with Crippen LogP contribution < -0.4 is 0 Å². The predicted octanol–water partition coefficient (Wildman–Crippen LogP) is 4.89. The Labute approximate surface area is 187 Å². The van der Waals surface area contributed by atoms with Gasteiger partial charge in [-0.05, 0) is 55.0 Å². The maximum Gasteiger partial charge on any atom is 0.416 e. The average Bonchev–Trinajstić information content (AvgIpc) is 3.13. The Morgan fingerprint density at radius 3 is 2.39 bits per heavy atom. The predicted molar refractivity (Wildman–Crippen MR) is 115 cm³/mol. The molecule has 4 rings (SSSR count). The molecule has 0 amide bonds. The number of fused-ring (bicyclic) bond motifs is 1. The molecule has 4 aromatic rings. The van der Waals surface area contributed by atoms with Gasteiger partial charge in [0.1, 0.15) is 0 Å². The van der Waals surface area contributed by atoms with Crippen LogP contribution in [-0.2, 0) is 22.6 Å². The van der Waals surface area contributed by atoms with Crippen LogP contribution >= 0.6 is 0 Å². The highest BCUT2D eigenvalue weighted by atomic mass is 32.2. The van der Waals surface area contributed by atoms with Gasteiger partial charge in [-0.3, -0.25) is 4.98 Å². The van der Waals surface area contributed by atoms with Gasteiger partial charge in [0.2, 0.25) is 0 Å². The van der Waals surface area contributed by atoms with Crippen LogP contribution in [0.2, 0.25) is 0 Å². The first-order valence-corrected chi connectivity index (χ1v) is 11.1. The third-order valence-electron chi connectivity index (χ3n) is 5.33. The molecule has 10 heteroatoms. The first-order valence-electron chi connectivity index (χ1n) is 9.70. The van der Waals surface area contributed by atoms with Gasteiger partial charge >= 0.3 is 12.1 Å². The molecular weight excluding hydrogens is 457 g/mol. The molecule has 0 unspecified atom stereocenters. The molecule has 0 fully saturated rings. The summed E-state index contributed by atoms with van der Waals surface area (Å²) in [5.41, 5.74) is -0.0145. The van der Waals surface area contributed by atoms with Crippen molar-refractivity contribution >= 4 is 26.9 Å². The molecule has 0 atom stereocenters. The lowest BCUT2D eigenvalue weighted by atomic mass is 10.0. The van der Waals surface area contributed by atoms with Gasteiger partial charge in [0.15, 0.2) is 0 Å². The van der Waals surface area contributed by atoms with Crippen LogP contribution in [0.3, 0.4) is 0 Å². The highest BCUT2D eigenvalue weighted by Crippen LogP contribution is 2.34. The Bertz CT molecular complexity index is 1480. The third kappa shape index (κ3) is 4.09. The number of aromatic nitrogens is 2. The summed E-state index contributed by atoms with van der Waals surface area (Å²) in [6.07, 6.45) is -3.40. The minimum atomic E-state index is -4.59. The van der Waals surface area contributed by atoms with Gasteiger partial charge in [-0.1, -0.05) is 18.2 Å². The molecule has 2 heterocycles. The number of carboxylic acids is 1. The molecule has 0 saturated carbocycles. The van der Waals surface area contributed by atoms with Crippen molar-refractivity contribution in [2.75, 3.05) is 0 Å². The number of carboxylic acid groups (broad SMARTS) is 1. The second-order valence-electron chi connectivity index (χ2n) is 7.40. The van der Waals surface area contributed by atoms with Crippen molar-refractivity contribution in [3.8, 4) is 0 Å². The number of halogens is 3. The number of nitrogens with zero attached hydrogens (tertiary/aromatic N) is 2. The van der Waals surface area contributed by atoms with Crippen molar-refractivity contribution in [3.63, 3.8) is 0 Å². The lowest BCUT2D eigenvalue weighted by molar-refractivity contribution is -0.137. The number of pyridine rings is 1. The summed E-state index contributed by atoms with van der Waals surface area (Å²) in [7, 11) is -4.17. The van der Waals surface area contributed by atoms with Crippen LogP contribution in [0.5, 0.6) is 0 Å². The van der Waals surface area contributed by atoms with E-state index in [1.54, 1.807) is 25.1 Å². The fourth-order valence-electron chi connectivity index (χ4n) is 3.69. The molecule has 0 aliphatic rings. The van der Waals surface area contributed by atoms with Crippen molar-refractivity contribution in [2.45, 2.75) is 24.4 Å². The van der Waals surface area contributed by atoms with E-state index in [0.717, 1.165) is 22.2 Å². The Morgan fingerprint density at radius 1 is 1.06 bits per heavy atom. The highest BCUT2D eigenvalue weighted by Gasteiger charge is 2.32. The Balaban J connectivity index is 1.96. The highest BCUT2D eigenvalue weighted by molar-refractivity contribution is 7.90. The van der Waals surface area contributed by atoms with Gasteiger partial charge < -0.3 is 5.11 Å². The topological polar surface area (TPSA) is 89.3 Å². The minimum Gasteiger partial charge on any atom is -0.478 e. The lowest BCUT2D eigenvalue weighted by Gasteiger charge is -2.14. The van der Waals surface area contributed by atoms with E-state index in [1.807, 2.05) is 0 Å². The standard InChI is InChI=1S/C23H17F3N2O4S/c1-14-19(22(29)30)9-10-27-20(14)13-17-12-15-11-16(23(24,25)26)7-8-21(15)28(17)33(31,32)18-5-3-2-4-6-18/h2-12H,13H2,1H3,(H,29,30). The molecule has 2 aromatic heterocycles. The molecule has 0 saturated heterocycles. The normalized spacial score (nSPS) is 12.2. The van der Waals surface area contributed by atoms with Gasteiger partial charge in [0.25, 0.3) is 10.0 Å². The molecule has 0 spiro atoms. The van der Waals surface area contributed by atoms with E-state index in [0.29, 0.717) is 11.3 Å². The van der Waals surface area contributed by atoms with Crippen molar-refractivity contribution < 1.29 is 31.5 Å².